The number of aliphatic hydroxyl groups excluding tert-OH is 1. The van der Waals surface area contributed by atoms with Gasteiger partial charge in [0, 0.05) is 23.2 Å². The first-order chi connectivity index (χ1) is 11.6. The molecule has 0 radical (unpaired) electrons. The van der Waals surface area contributed by atoms with Gasteiger partial charge >= 0.3 is 0 Å². The Balaban J connectivity index is 2.06. The second-order valence-corrected chi connectivity index (χ2v) is 6.11. The van der Waals surface area contributed by atoms with E-state index < -0.39 is 0 Å². The molecule has 6 heteroatoms. The summed E-state index contributed by atoms with van der Waals surface area (Å²) in [6, 6.07) is 13.9. The lowest BCUT2D eigenvalue weighted by Crippen LogP contribution is -2.26. The molecule has 0 saturated carbocycles. The number of anilines is 1. The molecule has 0 aliphatic rings. The molecule has 126 valence electrons. The number of hydrogen-bond acceptors (Lipinski definition) is 3. The minimum atomic E-state index is -0.275. The first kappa shape index (κ1) is 18.2. The van der Waals surface area contributed by atoms with Crippen molar-refractivity contribution >= 4 is 33.4 Å². The zero-order valence-corrected chi connectivity index (χ0v) is 14.7. The number of aliphatic hydroxyl groups is 1. The molecule has 0 aliphatic heterocycles. The van der Waals surface area contributed by atoms with Crippen LogP contribution in [0.3, 0.4) is 0 Å². The van der Waals surface area contributed by atoms with Crippen LogP contribution in [0.2, 0.25) is 0 Å². The topological polar surface area (TPSA) is 78.4 Å². The van der Waals surface area contributed by atoms with E-state index in [1.165, 1.54) is 0 Å². The predicted octanol–water partition coefficient (Wildman–Crippen LogP) is 3.20. The van der Waals surface area contributed by atoms with E-state index in [1.807, 2.05) is 0 Å². The maximum Gasteiger partial charge on any atom is 0.255 e. The molecule has 0 atom stereocenters. The highest BCUT2D eigenvalue weighted by Gasteiger charge is 2.13. The standard InChI is InChI=1S/C18H19BrN2O3/c19-14-9-7-13(8-10-14)17(23)21-16-6-2-1-5-15(16)18(24)20-11-3-4-12-22/h1-2,5-10,22H,3-4,11-12H2,(H,20,24)(H,21,23). The Morgan fingerprint density at radius 3 is 2.38 bits per heavy atom. The van der Waals surface area contributed by atoms with Crippen molar-refractivity contribution in [3.8, 4) is 0 Å². The van der Waals surface area contributed by atoms with Crippen LogP contribution in [0.1, 0.15) is 33.6 Å². The fourth-order valence-corrected chi connectivity index (χ4v) is 2.38. The van der Waals surface area contributed by atoms with Gasteiger partial charge in [-0.2, -0.15) is 0 Å². The molecule has 2 aromatic rings. The van der Waals surface area contributed by atoms with Crippen LogP contribution in [0.4, 0.5) is 5.69 Å². The van der Waals surface area contributed by atoms with Gasteiger partial charge in [-0.05, 0) is 49.2 Å². The molecule has 2 aromatic carbocycles. The number of benzene rings is 2. The summed E-state index contributed by atoms with van der Waals surface area (Å²) in [7, 11) is 0. The zero-order chi connectivity index (χ0) is 17.4. The molecular formula is C18H19BrN2O3. The van der Waals surface area contributed by atoms with Crippen molar-refractivity contribution in [3.63, 3.8) is 0 Å². The SMILES string of the molecule is O=C(Nc1ccccc1C(=O)NCCCCO)c1ccc(Br)cc1. The number of nitrogens with one attached hydrogen (secondary N) is 2. The van der Waals surface area contributed by atoms with Crippen molar-refractivity contribution in [2.24, 2.45) is 0 Å². The Hall–Kier alpha value is -2.18. The first-order valence-electron chi connectivity index (χ1n) is 7.67. The third kappa shape index (κ3) is 5.18. The van der Waals surface area contributed by atoms with Crippen LogP contribution >= 0.6 is 15.9 Å². The highest BCUT2D eigenvalue weighted by atomic mass is 79.9. The van der Waals surface area contributed by atoms with Gasteiger partial charge in [-0.3, -0.25) is 9.59 Å². The summed E-state index contributed by atoms with van der Waals surface area (Å²) >= 11 is 3.33. The van der Waals surface area contributed by atoms with Gasteiger partial charge in [-0.15, -0.1) is 0 Å². The molecule has 0 spiro atoms. The normalized spacial score (nSPS) is 10.2. The zero-order valence-electron chi connectivity index (χ0n) is 13.1. The van der Waals surface area contributed by atoms with Crippen molar-refractivity contribution in [2.45, 2.75) is 12.8 Å². The van der Waals surface area contributed by atoms with E-state index in [4.69, 9.17) is 5.11 Å². The number of hydrogen-bond donors (Lipinski definition) is 3. The van der Waals surface area contributed by atoms with Crippen molar-refractivity contribution in [1.29, 1.82) is 0 Å². The molecule has 0 saturated heterocycles. The number of halogens is 1. The van der Waals surface area contributed by atoms with E-state index in [1.54, 1.807) is 48.5 Å². The monoisotopic (exact) mass is 390 g/mol. The number of carbonyl (C=O) groups is 2. The second kappa shape index (κ2) is 9.20. The largest absolute Gasteiger partial charge is 0.396 e. The van der Waals surface area contributed by atoms with Gasteiger partial charge in [0.25, 0.3) is 11.8 Å². The smallest absolute Gasteiger partial charge is 0.255 e. The number of para-hydroxylation sites is 1. The minimum absolute atomic E-state index is 0.107. The van der Waals surface area contributed by atoms with Crippen LogP contribution in [-0.2, 0) is 0 Å². The Bertz CT molecular complexity index is 702. The van der Waals surface area contributed by atoms with E-state index in [9.17, 15) is 9.59 Å². The Labute approximate surface area is 149 Å². The summed E-state index contributed by atoms with van der Waals surface area (Å²) in [4.78, 5) is 24.6. The van der Waals surface area contributed by atoms with Crippen LogP contribution in [0.25, 0.3) is 0 Å². The molecule has 0 unspecified atom stereocenters. The van der Waals surface area contributed by atoms with Gasteiger partial charge in [0.1, 0.15) is 0 Å². The number of amides is 2. The Morgan fingerprint density at radius 2 is 1.67 bits per heavy atom. The van der Waals surface area contributed by atoms with Crippen molar-refractivity contribution in [1.82, 2.24) is 5.32 Å². The lowest BCUT2D eigenvalue weighted by Gasteiger charge is -2.11. The molecule has 2 amide bonds. The highest BCUT2D eigenvalue weighted by molar-refractivity contribution is 9.10. The quantitative estimate of drug-likeness (QED) is 0.635. The molecule has 3 N–H and O–H groups in total. The maximum absolute atomic E-state index is 12.3. The van der Waals surface area contributed by atoms with Crippen LogP contribution in [0.15, 0.2) is 53.0 Å². The fraction of sp³-hybridized carbons (Fsp3) is 0.222. The second-order valence-electron chi connectivity index (χ2n) is 5.19. The lowest BCUT2D eigenvalue weighted by atomic mass is 10.1. The van der Waals surface area contributed by atoms with E-state index in [2.05, 4.69) is 26.6 Å². The summed E-state index contributed by atoms with van der Waals surface area (Å²) in [6.07, 6.45) is 1.35. The molecule has 0 heterocycles. The molecule has 0 aromatic heterocycles. The fourth-order valence-electron chi connectivity index (χ4n) is 2.12. The molecular weight excluding hydrogens is 372 g/mol. The average Bonchev–Trinajstić information content (AvgIpc) is 2.59. The molecule has 0 bridgehead atoms. The van der Waals surface area contributed by atoms with E-state index in [0.717, 1.165) is 4.47 Å². The summed E-state index contributed by atoms with van der Waals surface area (Å²) in [5.74, 6) is -0.525. The van der Waals surface area contributed by atoms with E-state index in [0.29, 0.717) is 36.2 Å². The van der Waals surface area contributed by atoms with Crippen LogP contribution in [-0.4, -0.2) is 30.1 Å². The lowest BCUT2D eigenvalue weighted by molar-refractivity contribution is 0.0953. The van der Waals surface area contributed by atoms with Crippen molar-refractivity contribution in [2.75, 3.05) is 18.5 Å². The Morgan fingerprint density at radius 1 is 0.958 bits per heavy atom. The van der Waals surface area contributed by atoms with Gasteiger partial charge in [-0.25, -0.2) is 0 Å². The Kier molecular flexibility index (Phi) is 6.96. The van der Waals surface area contributed by atoms with Gasteiger partial charge in [0.2, 0.25) is 0 Å². The van der Waals surface area contributed by atoms with Crippen LogP contribution in [0.5, 0.6) is 0 Å². The summed E-state index contributed by atoms with van der Waals surface area (Å²) < 4.78 is 0.890. The summed E-state index contributed by atoms with van der Waals surface area (Å²) in [6.45, 7) is 0.587. The van der Waals surface area contributed by atoms with Crippen molar-refractivity contribution < 1.29 is 14.7 Å². The predicted molar refractivity (Wildman–Crippen MR) is 97.2 cm³/mol. The average molecular weight is 391 g/mol. The molecule has 5 nitrogen and oxygen atoms in total. The summed E-state index contributed by atoms with van der Waals surface area (Å²) in [5, 5.41) is 14.3. The highest BCUT2D eigenvalue weighted by Crippen LogP contribution is 2.17. The molecule has 2 rings (SSSR count). The number of carbonyl (C=O) groups excluding carboxylic acids is 2. The molecule has 0 fully saturated rings. The van der Waals surface area contributed by atoms with Crippen LogP contribution in [0, 0.1) is 0 Å². The van der Waals surface area contributed by atoms with Crippen molar-refractivity contribution in [3.05, 3.63) is 64.1 Å². The van der Waals surface area contributed by atoms with Gasteiger partial charge in [-0.1, -0.05) is 28.1 Å². The maximum atomic E-state index is 12.3. The number of unbranched alkanes of at least 4 members (excludes halogenated alkanes) is 1. The summed E-state index contributed by atoms with van der Waals surface area (Å²) in [5.41, 5.74) is 1.38. The van der Waals surface area contributed by atoms with Gasteiger partial charge in [0.05, 0.1) is 11.3 Å². The van der Waals surface area contributed by atoms with Crippen LogP contribution < -0.4 is 10.6 Å². The molecule has 24 heavy (non-hydrogen) atoms. The van der Waals surface area contributed by atoms with E-state index in [-0.39, 0.29) is 18.4 Å². The molecule has 0 aliphatic carbocycles. The van der Waals surface area contributed by atoms with Gasteiger partial charge in [0.15, 0.2) is 0 Å². The number of rotatable bonds is 7. The third-order valence-electron chi connectivity index (χ3n) is 3.40. The minimum Gasteiger partial charge on any atom is -0.396 e. The van der Waals surface area contributed by atoms with Gasteiger partial charge < -0.3 is 15.7 Å². The first-order valence-corrected chi connectivity index (χ1v) is 8.46. The van der Waals surface area contributed by atoms with E-state index >= 15 is 0 Å². The third-order valence-corrected chi connectivity index (χ3v) is 3.93.